The molecule has 15 heavy (non-hydrogen) atoms. The van der Waals surface area contributed by atoms with Gasteiger partial charge in [0.25, 0.3) is 0 Å². The van der Waals surface area contributed by atoms with E-state index in [1.165, 1.54) is 0 Å². The molecule has 0 aromatic rings. The minimum atomic E-state index is 0. The quantitative estimate of drug-likeness (QED) is 0.415. The molecule has 0 atom stereocenters. The summed E-state index contributed by atoms with van der Waals surface area (Å²) in [6.07, 6.45) is 0. The van der Waals surface area contributed by atoms with Crippen LogP contribution >= 0.6 is 0 Å². The molecule has 0 unspecified atom stereocenters. The molecule has 110 valence electrons. The molecule has 0 saturated heterocycles. The van der Waals surface area contributed by atoms with Crippen LogP contribution in [0.15, 0.2) is 0 Å². The molecule has 0 nitrogen and oxygen atoms in total. The highest BCUT2D eigenvalue weighted by molar-refractivity contribution is 3.51. The zero-order valence-electron chi connectivity index (χ0n) is 11.9. The van der Waals surface area contributed by atoms with Gasteiger partial charge in [0.2, 0.25) is 0 Å². The van der Waals surface area contributed by atoms with Crippen LogP contribution in [0, 0.1) is 0 Å². The monoisotopic (exact) mass is 325 g/mol. The Hall–Kier alpha value is 1.45. The topological polar surface area (TPSA) is 0 Å². The highest BCUT2D eigenvalue weighted by atomic mass is 35.5. The first-order valence-corrected chi connectivity index (χ1v) is 5.00. The number of hydrogen-bond donors (Lipinski definition) is 0. The van der Waals surface area contributed by atoms with E-state index in [1.807, 2.05) is 69.2 Å². The maximum absolute atomic E-state index is 2.00. The lowest BCUT2D eigenvalue weighted by Crippen LogP contribution is -3.00. The van der Waals surface area contributed by atoms with E-state index in [2.05, 4.69) is 0 Å². The fraction of sp³-hybridized carbons (Fsp3) is 1.00. The smallest absolute Gasteiger partial charge is 0.0683 e. The largest absolute Gasteiger partial charge is 1.00 e. The van der Waals surface area contributed by atoms with Crippen LogP contribution in [0.2, 0.25) is 0 Å². The molecule has 0 rings (SSSR count). The van der Waals surface area contributed by atoms with Gasteiger partial charge in [-0.15, -0.1) is 0 Å². The maximum Gasteiger partial charge on any atom is -0.0683 e. The summed E-state index contributed by atoms with van der Waals surface area (Å²) in [4.78, 5) is 0. The summed E-state index contributed by atoms with van der Waals surface area (Å²) in [6.45, 7) is 20.0. The van der Waals surface area contributed by atoms with Crippen molar-refractivity contribution in [1.29, 1.82) is 0 Å². The SMILES string of the molecule is CC.CC.CC.CC.CC.[Cl-].[Cl-].[Cl-].[Cl-].[Cl-]. The predicted octanol–water partition coefficient (Wildman–Crippen LogP) is -9.85. The average Bonchev–Trinajstić information content (AvgIpc) is 2.20. The highest BCUT2D eigenvalue weighted by Gasteiger charge is 0.940. The van der Waals surface area contributed by atoms with Gasteiger partial charge in [-0.1, -0.05) is 69.2 Å². The van der Waals surface area contributed by atoms with E-state index < -0.39 is 0 Å². The second-order valence-corrected chi connectivity index (χ2v) is 0. The zero-order chi connectivity index (χ0) is 10.0. The van der Waals surface area contributed by atoms with Gasteiger partial charge in [0.15, 0.2) is 0 Å². The molecule has 0 aliphatic carbocycles. The van der Waals surface area contributed by atoms with Gasteiger partial charge in [0, 0.05) is 0 Å². The molecule has 5 heteroatoms. The molecule has 0 N–H and O–H groups in total. The normalized spacial score (nSPS) is 2.00. The molecular weight excluding hydrogens is 297 g/mol. The van der Waals surface area contributed by atoms with Crippen molar-refractivity contribution < 1.29 is 62.0 Å². The Morgan fingerprint density at radius 3 is 0.200 bits per heavy atom. The predicted molar refractivity (Wildman–Crippen MR) is 56.7 cm³/mol. The first-order valence-electron chi connectivity index (χ1n) is 5.00. The second-order valence-electron chi connectivity index (χ2n) is 0. The van der Waals surface area contributed by atoms with Crippen molar-refractivity contribution in [3.05, 3.63) is 0 Å². The van der Waals surface area contributed by atoms with Crippen LogP contribution in [0.1, 0.15) is 69.2 Å². The maximum atomic E-state index is 2.00. The van der Waals surface area contributed by atoms with Crippen molar-refractivity contribution in [2.75, 3.05) is 0 Å². The van der Waals surface area contributed by atoms with Crippen molar-refractivity contribution in [3.63, 3.8) is 0 Å². The van der Waals surface area contributed by atoms with Gasteiger partial charge in [-0.3, -0.25) is 0 Å². The Labute approximate surface area is 131 Å². The van der Waals surface area contributed by atoms with Gasteiger partial charge < -0.3 is 62.0 Å². The van der Waals surface area contributed by atoms with E-state index in [-0.39, 0.29) is 62.0 Å². The molecule has 0 spiro atoms. The third-order valence-electron chi connectivity index (χ3n) is 0. The third kappa shape index (κ3) is 1330. The van der Waals surface area contributed by atoms with Crippen LogP contribution in [-0.2, 0) is 0 Å². The number of halogens is 5. The standard InChI is InChI=1S/5C2H6.5ClH/c5*1-2;;;;;/h5*1-2H3;5*1H/p-5. The van der Waals surface area contributed by atoms with Gasteiger partial charge in [-0.25, -0.2) is 0 Å². The molecule has 0 saturated carbocycles. The van der Waals surface area contributed by atoms with Crippen LogP contribution < -0.4 is 62.0 Å². The van der Waals surface area contributed by atoms with Gasteiger partial charge in [-0.2, -0.15) is 0 Å². The number of hydrogen-bond acceptors (Lipinski definition) is 0. The van der Waals surface area contributed by atoms with Crippen LogP contribution in [-0.4, -0.2) is 0 Å². The Bertz CT molecular complexity index is 13.8. The average molecular weight is 328 g/mol. The molecule has 0 fully saturated rings. The van der Waals surface area contributed by atoms with Crippen LogP contribution in [0.5, 0.6) is 0 Å². The lowest BCUT2D eigenvalue weighted by Gasteiger charge is -1.07. The van der Waals surface area contributed by atoms with E-state index in [4.69, 9.17) is 0 Å². The van der Waals surface area contributed by atoms with Crippen LogP contribution in [0.4, 0.5) is 0 Å². The van der Waals surface area contributed by atoms with Crippen molar-refractivity contribution in [1.82, 2.24) is 0 Å². The Morgan fingerprint density at radius 1 is 0.200 bits per heavy atom. The highest BCUT2D eigenvalue weighted by Crippen LogP contribution is 1.15. The fourth-order valence-corrected chi connectivity index (χ4v) is 0. The summed E-state index contributed by atoms with van der Waals surface area (Å²) >= 11 is 0. The summed E-state index contributed by atoms with van der Waals surface area (Å²) < 4.78 is 0. The van der Waals surface area contributed by atoms with Gasteiger partial charge in [-0.05, 0) is 0 Å². The Morgan fingerprint density at radius 2 is 0.200 bits per heavy atom. The van der Waals surface area contributed by atoms with Gasteiger partial charge in [0.05, 0.1) is 0 Å². The lowest BCUT2D eigenvalue weighted by molar-refractivity contribution is -0.00100. The lowest BCUT2D eigenvalue weighted by atomic mass is 11.0. The summed E-state index contributed by atoms with van der Waals surface area (Å²) in [6, 6.07) is 0. The first kappa shape index (κ1) is 94.4. The molecule has 0 aliphatic rings. The van der Waals surface area contributed by atoms with Gasteiger partial charge in [0.1, 0.15) is 0 Å². The van der Waals surface area contributed by atoms with E-state index in [1.54, 1.807) is 0 Å². The molecular formula is C10H30Cl5-5. The summed E-state index contributed by atoms with van der Waals surface area (Å²) in [5.41, 5.74) is 0. The molecule has 0 amide bonds. The third-order valence-corrected chi connectivity index (χ3v) is 0. The van der Waals surface area contributed by atoms with E-state index in [9.17, 15) is 0 Å². The summed E-state index contributed by atoms with van der Waals surface area (Å²) in [7, 11) is 0. The second kappa shape index (κ2) is 1530. The molecule has 0 bridgehead atoms. The fourth-order valence-electron chi connectivity index (χ4n) is 0. The molecule has 0 aromatic heterocycles. The molecule has 0 aromatic carbocycles. The van der Waals surface area contributed by atoms with Crippen molar-refractivity contribution in [3.8, 4) is 0 Å². The summed E-state index contributed by atoms with van der Waals surface area (Å²) in [5, 5.41) is 0. The molecule has 0 aliphatic heterocycles. The Balaban J connectivity index is -0.00000000240. The van der Waals surface area contributed by atoms with E-state index in [0.29, 0.717) is 0 Å². The minimum Gasteiger partial charge on any atom is -1.00 e. The first-order chi connectivity index (χ1) is 5.00. The van der Waals surface area contributed by atoms with E-state index >= 15 is 0 Å². The molecule has 0 radical (unpaired) electrons. The Kier molecular flexibility index (Phi) is 9650. The number of rotatable bonds is 0. The zero-order valence-corrected chi connectivity index (χ0v) is 15.7. The van der Waals surface area contributed by atoms with Crippen LogP contribution in [0.25, 0.3) is 0 Å². The van der Waals surface area contributed by atoms with Crippen LogP contribution in [0.3, 0.4) is 0 Å². The minimum absolute atomic E-state index is 0. The van der Waals surface area contributed by atoms with Crippen molar-refractivity contribution in [2.24, 2.45) is 0 Å². The van der Waals surface area contributed by atoms with Crippen molar-refractivity contribution in [2.45, 2.75) is 69.2 Å². The van der Waals surface area contributed by atoms with E-state index in [0.717, 1.165) is 0 Å². The van der Waals surface area contributed by atoms with Crippen molar-refractivity contribution >= 4 is 0 Å². The molecule has 0 heterocycles. The summed E-state index contributed by atoms with van der Waals surface area (Å²) in [5.74, 6) is 0. The van der Waals surface area contributed by atoms with Gasteiger partial charge >= 0.3 is 0 Å².